The number of rotatable bonds is 2. The summed E-state index contributed by atoms with van der Waals surface area (Å²) in [6.07, 6.45) is 1.69. The number of hydrogen-bond donors (Lipinski definition) is 2. The van der Waals surface area contributed by atoms with E-state index in [-0.39, 0.29) is 18.7 Å². The van der Waals surface area contributed by atoms with Crippen molar-refractivity contribution in [3.05, 3.63) is 58.8 Å². The van der Waals surface area contributed by atoms with Gasteiger partial charge in [0.15, 0.2) is 11.5 Å². The van der Waals surface area contributed by atoms with Crippen LogP contribution in [0.1, 0.15) is 27.2 Å². The van der Waals surface area contributed by atoms with Crippen molar-refractivity contribution >= 4 is 16.8 Å². The first kappa shape index (κ1) is 14.4. The first-order valence-electron chi connectivity index (χ1n) is 8.48. The van der Waals surface area contributed by atoms with Crippen molar-refractivity contribution in [2.45, 2.75) is 25.8 Å². The van der Waals surface area contributed by atoms with Crippen LogP contribution in [0.5, 0.6) is 11.5 Å². The molecule has 0 bridgehead atoms. The summed E-state index contributed by atoms with van der Waals surface area (Å²) in [5.41, 5.74) is 5.59. The van der Waals surface area contributed by atoms with E-state index in [2.05, 4.69) is 35.4 Å². The summed E-state index contributed by atoms with van der Waals surface area (Å²) >= 11 is 0. The van der Waals surface area contributed by atoms with Gasteiger partial charge in [0.2, 0.25) is 6.79 Å². The summed E-state index contributed by atoms with van der Waals surface area (Å²) in [5.74, 6) is 1.24. The molecule has 1 atom stereocenters. The maximum Gasteiger partial charge on any atom is 0.251 e. The molecule has 0 saturated heterocycles. The summed E-state index contributed by atoms with van der Waals surface area (Å²) in [6, 6.07) is 11.9. The van der Waals surface area contributed by atoms with Crippen LogP contribution in [0.25, 0.3) is 10.9 Å². The maximum absolute atomic E-state index is 12.6. The van der Waals surface area contributed by atoms with Gasteiger partial charge in [-0.25, -0.2) is 0 Å². The molecule has 0 fully saturated rings. The third kappa shape index (κ3) is 2.35. The standard InChI is InChI=1S/C20H18N2O3/c1-11-2-4-16-14(6-11)15-8-13(9-17(15)22-16)21-20(23)12-3-5-18-19(7-12)25-10-24-18/h2-7,13,22H,8-10H2,1H3,(H,21,23). The molecule has 0 spiro atoms. The largest absolute Gasteiger partial charge is 0.454 e. The Morgan fingerprint density at radius 1 is 1.12 bits per heavy atom. The van der Waals surface area contributed by atoms with E-state index in [9.17, 15) is 4.79 Å². The molecule has 126 valence electrons. The van der Waals surface area contributed by atoms with Gasteiger partial charge in [-0.1, -0.05) is 11.6 Å². The summed E-state index contributed by atoms with van der Waals surface area (Å²) in [4.78, 5) is 16.1. The van der Waals surface area contributed by atoms with Crippen molar-refractivity contribution < 1.29 is 14.3 Å². The van der Waals surface area contributed by atoms with Crippen LogP contribution in [-0.4, -0.2) is 23.7 Å². The summed E-state index contributed by atoms with van der Waals surface area (Å²) in [6.45, 7) is 2.32. The van der Waals surface area contributed by atoms with Crippen molar-refractivity contribution in [1.29, 1.82) is 0 Å². The average Bonchev–Trinajstić information content (AvgIpc) is 3.28. The molecular weight excluding hydrogens is 316 g/mol. The fraction of sp³-hybridized carbons (Fsp3) is 0.250. The number of hydrogen-bond acceptors (Lipinski definition) is 3. The van der Waals surface area contributed by atoms with Gasteiger partial charge in [0.05, 0.1) is 0 Å². The zero-order valence-electron chi connectivity index (χ0n) is 13.9. The lowest BCUT2D eigenvalue weighted by atomic mass is 10.1. The predicted molar refractivity (Wildman–Crippen MR) is 94.3 cm³/mol. The minimum absolute atomic E-state index is 0.0751. The average molecular weight is 334 g/mol. The van der Waals surface area contributed by atoms with Crippen LogP contribution < -0.4 is 14.8 Å². The maximum atomic E-state index is 12.6. The molecule has 2 N–H and O–H groups in total. The van der Waals surface area contributed by atoms with Crippen LogP contribution in [0.3, 0.4) is 0 Å². The van der Waals surface area contributed by atoms with Crippen molar-refractivity contribution in [2.24, 2.45) is 0 Å². The molecule has 1 aliphatic heterocycles. The van der Waals surface area contributed by atoms with E-state index in [1.54, 1.807) is 18.2 Å². The van der Waals surface area contributed by atoms with Crippen LogP contribution in [-0.2, 0) is 12.8 Å². The minimum Gasteiger partial charge on any atom is -0.454 e. The molecular formula is C20H18N2O3. The monoisotopic (exact) mass is 334 g/mol. The molecule has 3 aromatic rings. The molecule has 2 aromatic carbocycles. The first-order chi connectivity index (χ1) is 12.2. The fourth-order valence-electron chi connectivity index (χ4n) is 3.80. The highest BCUT2D eigenvalue weighted by Crippen LogP contribution is 2.33. The van der Waals surface area contributed by atoms with E-state index in [4.69, 9.17) is 9.47 Å². The molecule has 2 heterocycles. The van der Waals surface area contributed by atoms with Crippen LogP contribution in [0.4, 0.5) is 0 Å². The number of amides is 1. The van der Waals surface area contributed by atoms with Crippen molar-refractivity contribution in [2.75, 3.05) is 6.79 Å². The van der Waals surface area contributed by atoms with Crippen LogP contribution in [0.2, 0.25) is 0 Å². The lowest BCUT2D eigenvalue weighted by molar-refractivity contribution is 0.0938. The van der Waals surface area contributed by atoms with E-state index in [0.717, 1.165) is 12.8 Å². The van der Waals surface area contributed by atoms with Gasteiger partial charge in [-0.05, 0) is 49.2 Å². The lowest BCUT2D eigenvalue weighted by Gasteiger charge is -2.13. The Morgan fingerprint density at radius 3 is 2.92 bits per heavy atom. The molecule has 2 aliphatic rings. The Morgan fingerprint density at radius 2 is 2.00 bits per heavy atom. The van der Waals surface area contributed by atoms with Gasteiger partial charge < -0.3 is 19.8 Å². The highest BCUT2D eigenvalue weighted by atomic mass is 16.7. The van der Waals surface area contributed by atoms with Crippen molar-refractivity contribution in [3.8, 4) is 11.5 Å². The minimum atomic E-state index is -0.0751. The number of carbonyl (C=O) groups is 1. The van der Waals surface area contributed by atoms with Gasteiger partial charge in [0, 0.05) is 34.6 Å². The van der Waals surface area contributed by atoms with E-state index < -0.39 is 0 Å². The second-order valence-electron chi connectivity index (χ2n) is 6.78. The SMILES string of the molecule is Cc1ccc2[nH]c3c(c2c1)CC(NC(=O)c1ccc2c(c1)OCO2)C3. The Kier molecular flexibility index (Phi) is 3.04. The van der Waals surface area contributed by atoms with Crippen LogP contribution in [0.15, 0.2) is 36.4 Å². The lowest BCUT2D eigenvalue weighted by Crippen LogP contribution is -2.35. The molecule has 0 saturated carbocycles. The smallest absolute Gasteiger partial charge is 0.251 e. The Balaban J connectivity index is 1.35. The third-order valence-corrected chi connectivity index (χ3v) is 5.02. The molecule has 1 aromatic heterocycles. The van der Waals surface area contributed by atoms with E-state index >= 15 is 0 Å². The molecule has 0 radical (unpaired) electrons. The number of H-pyrrole nitrogens is 1. The van der Waals surface area contributed by atoms with Gasteiger partial charge in [0.1, 0.15) is 0 Å². The van der Waals surface area contributed by atoms with Crippen LogP contribution in [0, 0.1) is 6.92 Å². The second-order valence-corrected chi connectivity index (χ2v) is 6.78. The molecule has 25 heavy (non-hydrogen) atoms. The predicted octanol–water partition coefficient (Wildman–Crippen LogP) is 3.10. The Hall–Kier alpha value is -2.95. The van der Waals surface area contributed by atoms with Crippen molar-refractivity contribution in [1.82, 2.24) is 10.3 Å². The number of benzene rings is 2. The summed E-state index contributed by atoms with van der Waals surface area (Å²) < 4.78 is 10.6. The summed E-state index contributed by atoms with van der Waals surface area (Å²) in [5, 5.41) is 4.42. The molecule has 5 nitrogen and oxygen atoms in total. The molecule has 5 heteroatoms. The summed E-state index contributed by atoms with van der Waals surface area (Å²) in [7, 11) is 0. The first-order valence-corrected chi connectivity index (χ1v) is 8.48. The van der Waals surface area contributed by atoms with Gasteiger partial charge >= 0.3 is 0 Å². The van der Waals surface area contributed by atoms with E-state index in [1.807, 2.05) is 0 Å². The van der Waals surface area contributed by atoms with E-state index in [0.29, 0.717) is 17.1 Å². The third-order valence-electron chi connectivity index (χ3n) is 5.02. The van der Waals surface area contributed by atoms with Gasteiger partial charge in [-0.15, -0.1) is 0 Å². The normalized spacial score (nSPS) is 17.7. The molecule has 1 amide bonds. The fourth-order valence-corrected chi connectivity index (χ4v) is 3.80. The molecule has 1 aliphatic carbocycles. The van der Waals surface area contributed by atoms with Crippen LogP contribution >= 0.6 is 0 Å². The highest BCUT2D eigenvalue weighted by Gasteiger charge is 2.27. The zero-order chi connectivity index (χ0) is 17.0. The number of aromatic amines is 1. The second kappa shape index (κ2) is 5.28. The zero-order valence-corrected chi connectivity index (χ0v) is 13.9. The quantitative estimate of drug-likeness (QED) is 0.757. The van der Waals surface area contributed by atoms with Gasteiger partial charge in [-0.3, -0.25) is 4.79 Å². The van der Waals surface area contributed by atoms with E-state index in [1.165, 1.54) is 27.7 Å². The van der Waals surface area contributed by atoms with Gasteiger partial charge in [0.25, 0.3) is 5.91 Å². The topological polar surface area (TPSA) is 63.4 Å². The molecule has 1 unspecified atom stereocenters. The Bertz CT molecular complexity index is 1010. The van der Waals surface area contributed by atoms with Crippen molar-refractivity contribution in [3.63, 3.8) is 0 Å². The number of nitrogens with one attached hydrogen (secondary N) is 2. The number of aryl methyl sites for hydroxylation is 1. The molecule has 5 rings (SSSR count). The number of ether oxygens (including phenoxy) is 2. The highest BCUT2D eigenvalue weighted by molar-refractivity contribution is 5.95. The number of aromatic nitrogens is 1. The number of fused-ring (bicyclic) bond motifs is 4. The number of carbonyl (C=O) groups excluding carboxylic acids is 1. The Labute approximate surface area is 144 Å². The van der Waals surface area contributed by atoms with Gasteiger partial charge in [-0.2, -0.15) is 0 Å².